The fraction of sp³-hybridized carbons (Fsp3) is 0.273. The van der Waals surface area contributed by atoms with Crippen LogP contribution in [0.25, 0.3) is 10.9 Å². The van der Waals surface area contributed by atoms with Crippen LogP contribution < -0.4 is 11.3 Å². The van der Waals surface area contributed by atoms with Gasteiger partial charge < -0.3 is 5.73 Å². The Morgan fingerprint density at radius 1 is 1.42 bits per heavy atom. The lowest BCUT2D eigenvalue weighted by Gasteiger charge is -2.20. The summed E-state index contributed by atoms with van der Waals surface area (Å²) >= 11 is 3.16. The van der Waals surface area contributed by atoms with Crippen molar-refractivity contribution < 1.29 is 13.2 Å². The molecule has 0 aliphatic heterocycles. The Bertz CT molecular complexity index is 668. The lowest BCUT2D eigenvalue weighted by Crippen LogP contribution is -2.39. The predicted octanol–water partition coefficient (Wildman–Crippen LogP) is 2.22. The molecule has 0 radical (unpaired) electrons. The van der Waals surface area contributed by atoms with Crippen LogP contribution in [0.3, 0.4) is 0 Å². The van der Waals surface area contributed by atoms with Crippen molar-refractivity contribution in [2.24, 2.45) is 5.73 Å². The van der Waals surface area contributed by atoms with Crippen molar-refractivity contribution in [3.05, 3.63) is 39.4 Å². The second-order valence-electron chi connectivity index (χ2n) is 3.91. The summed E-state index contributed by atoms with van der Waals surface area (Å²) in [6.07, 6.45) is -3.72. The molecule has 0 aliphatic rings. The Labute approximate surface area is 114 Å². The minimum atomic E-state index is -4.60. The second kappa shape index (κ2) is 4.93. The van der Waals surface area contributed by atoms with Gasteiger partial charge in [0.25, 0.3) is 5.56 Å². The van der Waals surface area contributed by atoms with E-state index in [0.29, 0.717) is 14.6 Å². The van der Waals surface area contributed by atoms with E-state index in [2.05, 4.69) is 20.9 Å². The first-order chi connectivity index (χ1) is 8.84. The Balaban J connectivity index is 2.69. The lowest BCUT2D eigenvalue weighted by atomic mass is 10.2. The molecule has 102 valence electrons. The summed E-state index contributed by atoms with van der Waals surface area (Å²) < 4.78 is 39.5. The van der Waals surface area contributed by atoms with Crippen molar-refractivity contribution in [2.75, 3.05) is 6.54 Å². The van der Waals surface area contributed by atoms with Crippen LogP contribution in [0.15, 0.2) is 33.8 Å². The van der Waals surface area contributed by atoms with Gasteiger partial charge in [0.1, 0.15) is 6.04 Å². The molecule has 19 heavy (non-hydrogen) atoms. The summed E-state index contributed by atoms with van der Waals surface area (Å²) in [5.41, 5.74) is 4.69. The summed E-state index contributed by atoms with van der Waals surface area (Å²) in [6, 6.07) is 2.57. The summed E-state index contributed by atoms with van der Waals surface area (Å²) in [4.78, 5) is 15.9. The van der Waals surface area contributed by atoms with E-state index in [0.717, 1.165) is 6.33 Å². The maximum atomic E-state index is 12.8. The highest BCUT2D eigenvalue weighted by Gasteiger charge is 2.40. The zero-order chi connectivity index (χ0) is 14.2. The third kappa shape index (κ3) is 2.64. The fourth-order valence-corrected chi connectivity index (χ4v) is 2.10. The van der Waals surface area contributed by atoms with Gasteiger partial charge in [-0.25, -0.2) is 4.98 Å². The Kier molecular flexibility index (Phi) is 3.64. The van der Waals surface area contributed by atoms with Gasteiger partial charge in [-0.15, -0.1) is 0 Å². The minimum Gasteiger partial charge on any atom is -0.328 e. The van der Waals surface area contributed by atoms with Crippen molar-refractivity contribution in [3.63, 3.8) is 0 Å². The van der Waals surface area contributed by atoms with Gasteiger partial charge in [-0.3, -0.25) is 9.36 Å². The van der Waals surface area contributed by atoms with Crippen molar-refractivity contribution in [1.29, 1.82) is 0 Å². The van der Waals surface area contributed by atoms with E-state index in [9.17, 15) is 18.0 Å². The molecule has 2 N–H and O–H groups in total. The van der Waals surface area contributed by atoms with Gasteiger partial charge in [0, 0.05) is 11.0 Å². The number of aromatic nitrogens is 2. The molecule has 1 aromatic heterocycles. The largest absolute Gasteiger partial charge is 0.410 e. The molecular weight excluding hydrogens is 327 g/mol. The van der Waals surface area contributed by atoms with Gasteiger partial charge in [0.2, 0.25) is 0 Å². The molecule has 1 atom stereocenters. The minimum absolute atomic E-state index is 0.111. The average molecular weight is 336 g/mol. The smallest absolute Gasteiger partial charge is 0.328 e. The monoisotopic (exact) mass is 335 g/mol. The third-order valence-electron chi connectivity index (χ3n) is 2.68. The van der Waals surface area contributed by atoms with Gasteiger partial charge in [0.05, 0.1) is 17.2 Å². The van der Waals surface area contributed by atoms with Crippen LogP contribution in [0.1, 0.15) is 6.04 Å². The number of benzene rings is 1. The third-order valence-corrected chi connectivity index (χ3v) is 3.17. The van der Waals surface area contributed by atoms with Gasteiger partial charge in [-0.2, -0.15) is 13.2 Å². The lowest BCUT2D eigenvalue weighted by molar-refractivity contribution is -0.165. The molecule has 0 fully saturated rings. The second-order valence-corrected chi connectivity index (χ2v) is 4.83. The molecule has 1 heterocycles. The molecule has 0 bridgehead atoms. The molecule has 0 saturated carbocycles. The number of alkyl halides is 3. The van der Waals surface area contributed by atoms with E-state index < -0.39 is 24.3 Å². The summed E-state index contributed by atoms with van der Waals surface area (Å²) in [5, 5.41) is 0.111. The highest BCUT2D eigenvalue weighted by atomic mass is 79.9. The van der Waals surface area contributed by atoms with E-state index in [1.54, 1.807) is 12.1 Å². The zero-order valence-electron chi connectivity index (χ0n) is 9.49. The van der Waals surface area contributed by atoms with E-state index in [1.165, 1.54) is 6.07 Å². The van der Waals surface area contributed by atoms with Crippen molar-refractivity contribution >= 4 is 26.8 Å². The molecule has 1 unspecified atom stereocenters. The topological polar surface area (TPSA) is 60.9 Å². The van der Waals surface area contributed by atoms with Crippen LogP contribution in [0.4, 0.5) is 13.2 Å². The summed E-state index contributed by atoms with van der Waals surface area (Å²) in [6.45, 7) is -0.718. The first kappa shape index (κ1) is 14.0. The van der Waals surface area contributed by atoms with Crippen molar-refractivity contribution in [2.45, 2.75) is 12.2 Å². The van der Waals surface area contributed by atoms with E-state index in [4.69, 9.17) is 5.73 Å². The number of rotatable bonds is 2. The summed E-state index contributed by atoms with van der Waals surface area (Å²) in [7, 11) is 0. The quantitative estimate of drug-likeness (QED) is 0.915. The maximum Gasteiger partial charge on any atom is 0.410 e. The highest BCUT2D eigenvalue weighted by Crippen LogP contribution is 2.28. The van der Waals surface area contributed by atoms with Gasteiger partial charge >= 0.3 is 6.18 Å². The molecule has 8 heteroatoms. The van der Waals surface area contributed by atoms with E-state index >= 15 is 0 Å². The first-order valence-corrected chi connectivity index (χ1v) is 6.07. The number of nitrogens with zero attached hydrogens (tertiary/aromatic N) is 2. The van der Waals surface area contributed by atoms with E-state index in [1.807, 2.05) is 0 Å². The van der Waals surface area contributed by atoms with Crippen molar-refractivity contribution in [3.8, 4) is 0 Å². The highest BCUT2D eigenvalue weighted by molar-refractivity contribution is 9.10. The normalized spacial score (nSPS) is 13.7. The van der Waals surface area contributed by atoms with Crippen LogP contribution in [-0.2, 0) is 0 Å². The van der Waals surface area contributed by atoms with Crippen LogP contribution in [0, 0.1) is 0 Å². The Morgan fingerprint density at radius 2 is 2.11 bits per heavy atom. The first-order valence-electron chi connectivity index (χ1n) is 5.28. The SMILES string of the molecule is NCC(n1cnc2ccc(Br)cc2c1=O)C(F)(F)F. The molecule has 0 saturated heterocycles. The van der Waals surface area contributed by atoms with Crippen LogP contribution in [-0.4, -0.2) is 22.3 Å². The Hall–Kier alpha value is -1.41. The number of halogens is 4. The number of fused-ring (bicyclic) bond motifs is 1. The Morgan fingerprint density at radius 3 is 2.68 bits per heavy atom. The predicted molar refractivity (Wildman–Crippen MR) is 67.8 cm³/mol. The summed E-state index contributed by atoms with van der Waals surface area (Å²) in [5.74, 6) is 0. The van der Waals surface area contributed by atoms with Crippen molar-refractivity contribution in [1.82, 2.24) is 9.55 Å². The maximum absolute atomic E-state index is 12.8. The molecule has 0 aliphatic carbocycles. The van der Waals surface area contributed by atoms with Gasteiger partial charge in [-0.05, 0) is 18.2 Å². The molecule has 0 spiro atoms. The average Bonchev–Trinajstić information content (AvgIpc) is 2.32. The van der Waals surface area contributed by atoms with Crippen LogP contribution in [0.2, 0.25) is 0 Å². The standard InChI is InChI=1S/C11H9BrF3N3O/c12-6-1-2-8-7(3-6)10(19)18(5-17-8)9(4-16)11(13,14)15/h1-3,5,9H,4,16H2. The molecule has 1 aromatic carbocycles. The molecule has 0 amide bonds. The molecule has 2 aromatic rings. The van der Waals surface area contributed by atoms with Gasteiger partial charge in [-0.1, -0.05) is 15.9 Å². The van der Waals surface area contributed by atoms with Crippen LogP contribution >= 0.6 is 15.9 Å². The van der Waals surface area contributed by atoms with Crippen LogP contribution in [0.5, 0.6) is 0 Å². The zero-order valence-corrected chi connectivity index (χ0v) is 11.1. The number of hydrogen-bond acceptors (Lipinski definition) is 3. The molecule has 2 rings (SSSR count). The molecule has 4 nitrogen and oxygen atoms in total. The van der Waals surface area contributed by atoms with Gasteiger partial charge in [0.15, 0.2) is 0 Å². The molecular formula is C11H9BrF3N3O. The fourth-order valence-electron chi connectivity index (χ4n) is 1.73. The van der Waals surface area contributed by atoms with E-state index in [-0.39, 0.29) is 5.39 Å². The number of nitrogens with two attached hydrogens (primary N) is 1. The number of hydrogen-bond donors (Lipinski definition) is 1.